The SMILES string of the molecule is CN(c1ccccc1)c1ccc2nc(CN)[nH]c2c1. The van der Waals surface area contributed by atoms with Crippen LogP contribution in [0.25, 0.3) is 11.0 Å². The number of nitrogens with zero attached hydrogens (tertiary/aromatic N) is 2. The van der Waals surface area contributed by atoms with Crippen LogP contribution in [0, 0.1) is 0 Å². The lowest BCUT2D eigenvalue weighted by Gasteiger charge is -2.19. The van der Waals surface area contributed by atoms with Crippen LogP contribution in [0.15, 0.2) is 48.5 Å². The van der Waals surface area contributed by atoms with Crippen molar-refractivity contribution in [3.8, 4) is 0 Å². The zero-order valence-corrected chi connectivity index (χ0v) is 10.8. The minimum Gasteiger partial charge on any atom is -0.345 e. The molecule has 1 aromatic heterocycles. The lowest BCUT2D eigenvalue weighted by Crippen LogP contribution is -2.08. The van der Waals surface area contributed by atoms with E-state index in [1.165, 1.54) is 0 Å². The highest BCUT2D eigenvalue weighted by molar-refractivity contribution is 5.81. The molecular weight excluding hydrogens is 236 g/mol. The molecule has 4 nitrogen and oxygen atoms in total. The lowest BCUT2D eigenvalue weighted by molar-refractivity contribution is 0.958. The van der Waals surface area contributed by atoms with Crippen LogP contribution in [-0.4, -0.2) is 17.0 Å². The van der Waals surface area contributed by atoms with Crippen molar-refractivity contribution in [2.75, 3.05) is 11.9 Å². The van der Waals surface area contributed by atoms with Gasteiger partial charge >= 0.3 is 0 Å². The Morgan fingerprint density at radius 3 is 2.63 bits per heavy atom. The fourth-order valence-electron chi connectivity index (χ4n) is 2.16. The number of anilines is 2. The summed E-state index contributed by atoms with van der Waals surface area (Å²) >= 11 is 0. The van der Waals surface area contributed by atoms with E-state index in [0.29, 0.717) is 6.54 Å². The van der Waals surface area contributed by atoms with E-state index in [1.807, 2.05) is 24.3 Å². The van der Waals surface area contributed by atoms with Gasteiger partial charge in [0.2, 0.25) is 0 Å². The Bertz CT molecular complexity index is 688. The molecule has 0 bridgehead atoms. The number of nitrogens with one attached hydrogen (secondary N) is 1. The minimum absolute atomic E-state index is 0.429. The van der Waals surface area contributed by atoms with Crippen molar-refractivity contribution in [3.05, 3.63) is 54.4 Å². The maximum Gasteiger partial charge on any atom is 0.121 e. The molecule has 0 radical (unpaired) electrons. The Labute approximate surface area is 111 Å². The third kappa shape index (κ3) is 2.18. The van der Waals surface area contributed by atoms with Gasteiger partial charge in [0.15, 0.2) is 0 Å². The first-order valence-electron chi connectivity index (χ1n) is 6.25. The summed E-state index contributed by atoms with van der Waals surface area (Å²) in [7, 11) is 2.05. The average Bonchev–Trinajstić information content (AvgIpc) is 2.89. The van der Waals surface area contributed by atoms with Gasteiger partial charge in [-0.1, -0.05) is 18.2 Å². The first-order valence-corrected chi connectivity index (χ1v) is 6.25. The van der Waals surface area contributed by atoms with E-state index < -0.39 is 0 Å². The number of fused-ring (bicyclic) bond motifs is 1. The number of aromatic nitrogens is 2. The van der Waals surface area contributed by atoms with Crippen LogP contribution in [0.2, 0.25) is 0 Å². The molecule has 1 heterocycles. The molecule has 0 fully saturated rings. The normalized spacial score (nSPS) is 10.8. The number of aromatic amines is 1. The van der Waals surface area contributed by atoms with Gasteiger partial charge < -0.3 is 15.6 Å². The third-order valence-corrected chi connectivity index (χ3v) is 3.24. The quantitative estimate of drug-likeness (QED) is 0.753. The predicted octanol–water partition coefficient (Wildman–Crippen LogP) is 2.79. The van der Waals surface area contributed by atoms with E-state index in [-0.39, 0.29) is 0 Å². The van der Waals surface area contributed by atoms with Crippen molar-refractivity contribution in [3.63, 3.8) is 0 Å². The van der Waals surface area contributed by atoms with E-state index in [4.69, 9.17) is 5.73 Å². The first kappa shape index (κ1) is 11.7. The van der Waals surface area contributed by atoms with Crippen LogP contribution in [0.3, 0.4) is 0 Å². The van der Waals surface area contributed by atoms with Crippen molar-refractivity contribution in [1.29, 1.82) is 0 Å². The molecule has 0 saturated carbocycles. The zero-order valence-electron chi connectivity index (χ0n) is 10.8. The maximum atomic E-state index is 5.60. The van der Waals surface area contributed by atoms with Crippen molar-refractivity contribution in [1.82, 2.24) is 9.97 Å². The van der Waals surface area contributed by atoms with Crippen LogP contribution >= 0.6 is 0 Å². The van der Waals surface area contributed by atoms with Crippen LogP contribution < -0.4 is 10.6 Å². The second-order valence-electron chi connectivity index (χ2n) is 4.48. The average molecular weight is 252 g/mol. The molecule has 0 amide bonds. The highest BCUT2D eigenvalue weighted by Gasteiger charge is 2.06. The van der Waals surface area contributed by atoms with Gasteiger partial charge in [0.05, 0.1) is 17.6 Å². The predicted molar refractivity (Wildman–Crippen MR) is 78.5 cm³/mol. The second-order valence-corrected chi connectivity index (χ2v) is 4.48. The van der Waals surface area contributed by atoms with Gasteiger partial charge in [-0.25, -0.2) is 4.98 Å². The number of H-pyrrole nitrogens is 1. The molecule has 0 atom stereocenters. The van der Waals surface area contributed by atoms with Crippen molar-refractivity contribution in [2.45, 2.75) is 6.54 Å². The van der Waals surface area contributed by atoms with E-state index in [2.05, 4.69) is 46.2 Å². The first-order chi connectivity index (χ1) is 9.28. The Hall–Kier alpha value is -2.33. The summed E-state index contributed by atoms with van der Waals surface area (Å²) < 4.78 is 0. The number of nitrogens with two attached hydrogens (primary N) is 1. The summed E-state index contributed by atoms with van der Waals surface area (Å²) in [4.78, 5) is 9.78. The van der Waals surface area contributed by atoms with Gasteiger partial charge in [0.25, 0.3) is 0 Å². The molecule has 0 spiro atoms. The largest absolute Gasteiger partial charge is 0.345 e. The standard InChI is InChI=1S/C15H16N4/c1-19(11-5-3-2-4-6-11)12-7-8-13-14(9-12)18-15(10-16)17-13/h2-9H,10,16H2,1H3,(H,17,18). The smallest absolute Gasteiger partial charge is 0.121 e. The summed E-state index contributed by atoms with van der Waals surface area (Å²) in [5.41, 5.74) is 9.83. The molecule has 4 heteroatoms. The molecule has 0 aliphatic heterocycles. The third-order valence-electron chi connectivity index (χ3n) is 3.24. The van der Waals surface area contributed by atoms with Gasteiger partial charge in [0, 0.05) is 18.4 Å². The zero-order chi connectivity index (χ0) is 13.2. The van der Waals surface area contributed by atoms with Crippen molar-refractivity contribution >= 4 is 22.4 Å². The summed E-state index contributed by atoms with van der Waals surface area (Å²) in [6.07, 6.45) is 0. The Balaban J connectivity index is 2.01. The highest BCUT2D eigenvalue weighted by Crippen LogP contribution is 2.25. The van der Waals surface area contributed by atoms with Crippen LogP contribution in [0.1, 0.15) is 5.82 Å². The number of para-hydroxylation sites is 1. The van der Waals surface area contributed by atoms with Gasteiger partial charge in [-0.05, 0) is 30.3 Å². The number of imidazole rings is 1. The summed E-state index contributed by atoms with van der Waals surface area (Å²) in [6.45, 7) is 0.429. The monoisotopic (exact) mass is 252 g/mol. The Morgan fingerprint density at radius 2 is 1.89 bits per heavy atom. The molecular formula is C15H16N4. The van der Waals surface area contributed by atoms with Crippen LogP contribution in [0.4, 0.5) is 11.4 Å². The molecule has 3 rings (SSSR count). The van der Waals surface area contributed by atoms with E-state index in [0.717, 1.165) is 28.2 Å². The fourth-order valence-corrected chi connectivity index (χ4v) is 2.16. The van der Waals surface area contributed by atoms with Gasteiger partial charge in [0.1, 0.15) is 5.82 Å². The minimum atomic E-state index is 0.429. The number of rotatable bonds is 3. The number of benzene rings is 2. The van der Waals surface area contributed by atoms with Gasteiger partial charge in [-0.15, -0.1) is 0 Å². The highest BCUT2D eigenvalue weighted by atomic mass is 15.1. The van der Waals surface area contributed by atoms with Crippen LogP contribution in [-0.2, 0) is 6.54 Å². The molecule has 0 unspecified atom stereocenters. The molecule has 2 aromatic carbocycles. The summed E-state index contributed by atoms with van der Waals surface area (Å²) in [5.74, 6) is 0.814. The molecule has 96 valence electrons. The number of hydrogen-bond acceptors (Lipinski definition) is 3. The summed E-state index contributed by atoms with van der Waals surface area (Å²) in [6, 6.07) is 16.4. The fraction of sp³-hybridized carbons (Fsp3) is 0.133. The Kier molecular flexibility index (Phi) is 2.93. The van der Waals surface area contributed by atoms with Crippen molar-refractivity contribution < 1.29 is 0 Å². The van der Waals surface area contributed by atoms with E-state index in [9.17, 15) is 0 Å². The van der Waals surface area contributed by atoms with E-state index >= 15 is 0 Å². The van der Waals surface area contributed by atoms with E-state index in [1.54, 1.807) is 0 Å². The number of hydrogen-bond donors (Lipinski definition) is 2. The Morgan fingerprint density at radius 1 is 1.11 bits per heavy atom. The van der Waals surface area contributed by atoms with Gasteiger partial charge in [-0.2, -0.15) is 0 Å². The molecule has 19 heavy (non-hydrogen) atoms. The molecule has 0 aliphatic carbocycles. The molecule has 3 aromatic rings. The molecule has 0 aliphatic rings. The van der Waals surface area contributed by atoms with Gasteiger partial charge in [-0.3, -0.25) is 0 Å². The topological polar surface area (TPSA) is 57.9 Å². The van der Waals surface area contributed by atoms with Crippen LogP contribution in [0.5, 0.6) is 0 Å². The molecule has 0 saturated heterocycles. The maximum absolute atomic E-state index is 5.60. The summed E-state index contributed by atoms with van der Waals surface area (Å²) in [5, 5.41) is 0. The van der Waals surface area contributed by atoms with Crippen molar-refractivity contribution in [2.24, 2.45) is 5.73 Å². The lowest BCUT2D eigenvalue weighted by atomic mass is 10.2. The molecule has 3 N–H and O–H groups in total. The second kappa shape index (κ2) is 4.74.